The van der Waals surface area contributed by atoms with E-state index >= 15 is 0 Å². The molecular formula is C14H19N3O3. The Morgan fingerprint density at radius 3 is 2.65 bits per heavy atom. The van der Waals surface area contributed by atoms with Crippen LogP contribution in [-0.2, 0) is 13.6 Å². The highest BCUT2D eigenvalue weighted by molar-refractivity contribution is 5.84. The molecule has 2 rings (SSSR count). The third kappa shape index (κ3) is 2.22. The lowest BCUT2D eigenvalue weighted by atomic mass is 10.2. The van der Waals surface area contributed by atoms with Crippen LogP contribution in [0.25, 0.3) is 10.9 Å². The maximum absolute atomic E-state index is 12.5. The van der Waals surface area contributed by atoms with E-state index in [0.717, 1.165) is 0 Å². The van der Waals surface area contributed by atoms with E-state index in [2.05, 4.69) is 5.32 Å². The van der Waals surface area contributed by atoms with E-state index in [9.17, 15) is 9.59 Å². The Hall–Kier alpha value is -2.08. The van der Waals surface area contributed by atoms with E-state index in [1.807, 2.05) is 6.92 Å². The average molecular weight is 277 g/mol. The van der Waals surface area contributed by atoms with Gasteiger partial charge in [-0.3, -0.25) is 13.9 Å². The first-order chi connectivity index (χ1) is 9.51. The molecule has 0 aliphatic heterocycles. The second-order valence-corrected chi connectivity index (χ2v) is 4.80. The van der Waals surface area contributed by atoms with Gasteiger partial charge in [-0.1, -0.05) is 6.07 Å². The monoisotopic (exact) mass is 277 g/mol. The van der Waals surface area contributed by atoms with E-state index < -0.39 is 0 Å². The SMILES string of the molecule is CNC(C)Cn1c(=O)c2cccc(OC)c2n(C)c1=O. The van der Waals surface area contributed by atoms with Gasteiger partial charge in [0.2, 0.25) is 0 Å². The van der Waals surface area contributed by atoms with Gasteiger partial charge in [-0.05, 0) is 26.1 Å². The molecule has 0 radical (unpaired) electrons. The molecule has 0 spiro atoms. The van der Waals surface area contributed by atoms with Crippen LogP contribution in [0.2, 0.25) is 0 Å². The smallest absolute Gasteiger partial charge is 0.331 e. The zero-order valence-electron chi connectivity index (χ0n) is 12.1. The molecule has 6 nitrogen and oxygen atoms in total. The number of aromatic nitrogens is 2. The summed E-state index contributed by atoms with van der Waals surface area (Å²) in [7, 11) is 4.96. The molecular weight excluding hydrogens is 258 g/mol. The van der Waals surface area contributed by atoms with E-state index in [1.54, 1.807) is 32.3 Å². The fraction of sp³-hybridized carbons (Fsp3) is 0.429. The van der Waals surface area contributed by atoms with Crippen molar-refractivity contribution >= 4 is 10.9 Å². The van der Waals surface area contributed by atoms with Crippen molar-refractivity contribution in [1.82, 2.24) is 14.5 Å². The van der Waals surface area contributed by atoms with Crippen LogP contribution in [0.1, 0.15) is 6.92 Å². The molecule has 1 heterocycles. The van der Waals surface area contributed by atoms with Crippen LogP contribution in [0.3, 0.4) is 0 Å². The molecule has 1 atom stereocenters. The molecule has 1 aromatic heterocycles. The summed E-state index contributed by atoms with van der Waals surface area (Å²) in [5, 5.41) is 3.51. The van der Waals surface area contributed by atoms with E-state index in [-0.39, 0.29) is 17.3 Å². The molecule has 1 N–H and O–H groups in total. The van der Waals surface area contributed by atoms with Gasteiger partial charge in [0.1, 0.15) is 11.3 Å². The van der Waals surface area contributed by atoms with Gasteiger partial charge < -0.3 is 10.1 Å². The third-order valence-corrected chi connectivity index (χ3v) is 3.50. The fourth-order valence-electron chi connectivity index (χ4n) is 2.24. The number of methoxy groups -OCH3 is 1. The van der Waals surface area contributed by atoms with Crippen LogP contribution >= 0.6 is 0 Å². The van der Waals surface area contributed by atoms with Crippen LogP contribution in [0.15, 0.2) is 27.8 Å². The van der Waals surface area contributed by atoms with Gasteiger partial charge in [0, 0.05) is 19.6 Å². The Balaban J connectivity index is 2.82. The number of nitrogens with one attached hydrogen (secondary N) is 1. The van der Waals surface area contributed by atoms with E-state index in [0.29, 0.717) is 23.2 Å². The van der Waals surface area contributed by atoms with Crippen LogP contribution < -0.4 is 21.3 Å². The average Bonchev–Trinajstić information content (AvgIpc) is 2.48. The standard InChI is InChI=1S/C14H19N3O3/c1-9(15-2)8-17-13(18)10-6-5-7-11(20-4)12(10)16(3)14(17)19/h5-7,9,15H,8H2,1-4H3. The Bertz CT molecular complexity index is 746. The summed E-state index contributed by atoms with van der Waals surface area (Å²) in [4.78, 5) is 24.9. The number of fused-ring (bicyclic) bond motifs is 1. The number of rotatable bonds is 4. The second kappa shape index (κ2) is 5.50. The zero-order chi connectivity index (χ0) is 14.9. The maximum Gasteiger partial charge on any atom is 0.331 e. The van der Waals surface area contributed by atoms with Crippen molar-refractivity contribution in [3.63, 3.8) is 0 Å². The summed E-state index contributed by atoms with van der Waals surface area (Å²) in [5.74, 6) is 0.521. The van der Waals surface area contributed by atoms with Gasteiger partial charge in [-0.2, -0.15) is 0 Å². The first-order valence-corrected chi connectivity index (χ1v) is 6.45. The minimum absolute atomic E-state index is 0.0310. The molecule has 20 heavy (non-hydrogen) atoms. The van der Waals surface area contributed by atoms with Gasteiger partial charge in [-0.25, -0.2) is 4.79 Å². The minimum atomic E-state index is -0.339. The lowest BCUT2D eigenvalue weighted by Crippen LogP contribution is -2.43. The summed E-state index contributed by atoms with van der Waals surface area (Å²) in [6.45, 7) is 2.25. The molecule has 0 amide bonds. The molecule has 108 valence electrons. The second-order valence-electron chi connectivity index (χ2n) is 4.80. The lowest BCUT2D eigenvalue weighted by Gasteiger charge is -2.15. The summed E-state index contributed by atoms with van der Waals surface area (Å²) >= 11 is 0. The predicted molar refractivity (Wildman–Crippen MR) is 78.5 cm³/mol. The van der Waals surface area contributed by atoms with Gasteiger partial charge in [0.15, 0.2) is 0 Å². The molecule has 2 aromatic rings. The fourth-order valence-corrected chi connectivity index (χ4v) is 2.24. The molecule has 1 aromatic carbocycles. The summed E-state index contributed by atoms with van der Waals surface area (Å²) < 4.78 is 7.95. The van der Waals surface area contributed by atoms with Crippen LogP contribution in [-0.4, -0.2) is 29.3 Å². The molecule has 6 heteroatoms. The Morgan fingerprint density at radius 1 is 1.35 bits per heavy atom. The number of hydrogen-bond donors (Lipinski definition) is 1. The molecule has 0 saturated heterocycles. The van der Waals surface area contributed by atoms with Crippen molar-refractivity contribution < 1.29 is 4.74 Å². The number of aryl methyl sites for hydroxylation is 1. The van der Waals surface area contributed by atoms with E-state index in [1.165, 1.54) is 16.2 Å². The summed E-state index contributed by atoms with van der Waals surface area (Å²) in [5.41, 5.74) is -0.100. The molecule has 1 unspecified atom stereocenters. The van der Waals surface area contributed by atoms with Gasteiger partial charge >= 0.3 is 5.69 Å². The van der Waals surface area contributed by atoms with Crippen LogP contribution in [0.4, 0.5) is 0 Å². The molecule has 0 aliphatic carbocycles. The molecule has 0 saturated carbocycles. The molecule has 0 aliphatic rings. The number of benzene rings is 1. The number of hydrogen-bond acceptors (Lipinski definition) is 4. The molecule has 0 bridgehead atoms. The topological polar surface area (TPSA) is 65.3 Å². The predicted octanol–water partition coefficient (Wildman–Crippen LogP) is 0.317. The van der Waals surface area contributed by atoms with Crippen molar-refractivity contribution in [3.05, 3.63) is 39.0 Å². The van der Waals surface area contributed by atoms with Gasteiger partial charge in [0.25, 0.3) is 5.56 Å². The van der Waals surface area contributed by atoms with E-state index in [4.69, 9.17) is 4.74 Å². The van der Waals surface area contributed by atoms with Crippen LogP contribution in [0, 0.1) is 0 Å². The van der Waals surface area contributed by atoms with Gasteiger partial charge in [0.05, 0.1) is 12.5 Å². The highest BCUT2D eigenvalue weighted by atomic mass is 16.5. The van der Waals surface area contributed by atoms with Crippen molar-refractivity contribution in [2.45, 2.75) is 19.5 Å². The Morgan fingerprint density at radius 2 is 2.05 bits per heavy atom. The Kier molecular flexibility index (Phi) is 3.94. The highest BCUT2D eigenvalue weighted by Gasteiger charge is 2.15. The summed E-state index contributed by atoms with van der Waals surface area (Å²) in [6, 6.07) is 5.23. The van der Waals surface area contributed by atoms with Crippen molar-refractivity contribution in [3.8, 4) is 5.75 Å². The van der Waals surface area contributed by atoms with Crippen LogP contribution in [0.5, 0.6) is 5.75 Å². The number of nitrogens with zero attached hydrogens (tertiary/aromatic N) is 2. The zero-order valence-corrected chi connectivity index (χ0v) is 12.1. The van der Waals surface area contributed by atoms with Crippen molar-refractivity contribution in [2.75, 3.05) is 14.2 Å². The lowest BCUT2D eigenvalue weighted by molar-refractivity contribution is 0.416. The minimum Gasteiger partial charge on any atom is -0.495 e. The highest BCUT2D eigenvalue weighted by Crippen LogP contribution is 2.20. The Labute approximate surface area is 116 Å². The third-order valence-electron chi connectivity index (χ3n) is 3.50. The summed E-state index contributed by atoms with van der Waals surface area (Å²) in [6.07, 6.45) is 0. The quantitative estimate of drug-likeness (QED) is 0.874. The number of para-hydroxylation sites is 1. The molecule has 0 fully saturated rings. The normalized spacial score (nSPS) is 12.6. The number of likely N-dealkylation sites (N-methyl/N-ethyl adjacent to an activating group) is 1. The maximum atomic E-state index is 12.5. The van der Waals surface area contributed by atoms with Crippen molar-refractivity contribution in [1.29, 1.82) is 0 Å². The first-order valence-electron chi connectivity index (χ1n) is 6.45. The largest absolute Gasteiger partial charge is 0.495 e. The van der Waals surface area contributed by atoms with Crippen molar-refractivity contribution in [2.24, 2.45) is 7.05 Å². The first kappa shape index (κ1) is 14.3. The number of ether oxygens (including phenoxy) is 1. The van der Waals surface area contributed by atoms with Gasteiger partial charge in [-0.15, -0.1) is 0 Å².